The summed E-state index contributed by atoms with van der Waals surface area (Å²) in [5.41, 5.74) is 0. The molecule has 0 bridgehead atoms. The average Bonchev–Trinajstić information content (AvgIpc) is 2.11. The summed E-state index contributed by atoms with van der Waals surface area (Å²) >= 11 is 33.7. The normalized spacial score (nSPS) is 13.1. The van der Waals surface area contributed by atoms with Gasteiger partial charge in [-0.15, -0.1) is 0 Å². The van der Waals surface area contributed by atoms with Crippen LogP contribution in [0.2, 0.25) is 0 Å². The van der Waals surface area contributed by atoms with Crippen molar-refractivity contribution >= 4 is 69.6 Å². The first kappa shape index (κ1) is 18.7. The van der Waals surface area contributed by atoms with Crippen LogP contribution in [0.1, 0.15) is 38.5 Å². The minimum Gasteiger partial charge on any atom is -0.381 e. The van der Waals surface area contributed by atoms with Crippen LogP contribution >= 0.6 is 69.6 Å². The van der Waals surface area contributed by atoms with Crippen molar-refractivity contribution in [1.29, 1.82) is 0 Å². The molecule has 17 heavy (non-hydrogen) atoms. The molecule has 0 heterocycles. The highest BCUT2D eigenvalue weighted by atomic mass is 35.6. The minimum absolute atomic E-state index is 0.550. The summed E-state index contributed by atoms with van der Waals surface area (Å²) in [6, 6.07) is 0. The Morgan fingerprint density at radius 3 is 1.24 bits per heavy atom. The fourth-order valence-corrected chi connectivity index (χ4v) is 1.96. The number of hydrogen-bond acceptors (Lipinski definition) is 1. The largest absolute Gasteiger partial charge is 0.381 e. The molecule has 104 valence electrons. The number of rotatable bonds is 8. The van der Waals surface area contributed by atoms with Crippen LogP contribution < -0.4 is 0 Å². The van der Waals surface area contributed by atoms with Gasteiger partial charge < -0.3 is 4.74 Å². The molecule has 0 radical (unpaired) electrons. The van der Waals surface area contributed by atoms with E-state index in [2.05, 4.69) is 0 Å². The van der Waals surface area contributed by atoms with E-state index < -0.39 is 7.59 Å². The predicted octanol–water partition coefficient (Wildman–Crippen LogP) is 6.08. The van der Waals surface area contributed by atoms with Gasteiger partial charge in [-0.25, -0.2) is 0 Å². The van der Waals surface area contributed by atoms with E-state index in [4.69, 9.17) is 74.3 Å². The second kappa shape index (κ2) is 9.58. The van der Waals surface area contributed by atoms with Gasteiger partial charge in [-0.05, 0) is 38.5 Å². The average molecular weight is 365 g/mol. The van der Waals surface area contributed by atoms with E-state index in [9.17, 15) is 0 Å². The first-order valence-corrected chi connectivity index (χ1v) is 7.69. The fraction of sp³-hybridized carbons (Fsp3) is 1.00. The predicted molar refractivity (Wildman–Crippen MR) is 79.1 cm³/mol. The highest BCUT2D eigenvalue weighted by molar-refractivity contribution is 6.67. The van der Waals surface area contributed by atoms with E-state index in [0.29, 0.717) is 26.1 Å². The second-order valence-corrected chi connectivity index (χ2v) is 8.79. The molecule has 0 rings (SSSR count). The molecule has 0 aliphatic heterocycles. The summed E-state index contributed by atoms with van der Waals surface area (Å²) in [6.45, 7) is 1.35. The zero-order chi connectivity index (χ0) is 13.4. The van der Waals surface area contributed by atoms with E-state index >= 15 is 0 Å². The Labute approximate surface area is 133 Å². The van der Waals surface area contributed by atoms with Crippen LogP contribution in [0.5, 0.6) is 0 Å². The SMILES string of the molecule is ClC(Cl)(Cl)CCCCOCCCCC(Cl)(Cl)Cl. The first-order chi connectivity index (χ1) is 7.71. The summed E-state index contributed by atoms with van der Waals surface area (Å²) in [4.78, 5) is 0. The zero-order valence-electron chi connectivity index (χ0n) is 9.33. The summed E-state index contributed by atoms with van der Waals surface area (Å²) in [5.74, 6) is 0. The molecule has 0 aromatic rings. The van der Waals surface area contributed by atoms with Gasteiger partial charge in [0.2, 0.25) is 0 Å². The molecule has 0 N–H and O–H groups in total. The quantitative estimate of drug-likeness (QED) is 0.374. The lowest BCUT2D eigenvalue weighted by Gasteiger charge is -2.11. The van der Waals surface area contributed by atoms with Crippen LogP contribution in [-0.2, 0) is 4.74 Å². The standard InChI is InChI=1S/C10H16Cl6O/c11-9(12,13)5-1-3-7-17-8-4-2-6-10(14,15)16/h1-8H2. The van der Waals surface area contributed by atoms with Crippen molar-refractivity contribution in [3.05, 3.63) is 0 Å². The molecule has 0 unspecified atom stereocenters. The molecule has 0 saturated carbocycles. The lowest BCUT2D eigenvalue weighted by molar-refractivity contribution is 0.126. The van der Waals surface area contributed by atoms with Gasteiger partial charge in [0.15, 0.2) is 7.59 Å². The molecule has 1 nitrogen and oxygen atoms in total. The molecule has 0 aliphatic carbocycles. The van der Waals surface area contributed by atoms with Crippen LogP contribution in [0.3, 0.4) is 0 Å². The third-order valence-electron chi connectivity index (χ3n) is 2.00. The highest BCUT2D eigenvalue weighted by Crippen LogP contribution is 2.32. The third kappa shape index (κ3) is 17.7. The summed E-state index contributed by atoms with van der Waals surface area (Å²) < 4.78 is 3.11. The van der Waals surface area contributed by atoms with Gasteiger partial charge in [-0.1, -0.05) is 69.6 Å². The van der Waals surface area contributed by atoms with Gasteiger partial charge in [-0.3, -0.25) is 0 Å². The maximum Gasteiger partial charge on any atom is 0.190 e. The Morgan fingerprint density at radius 1 is 0.588 bits per heavy atom. The van der Waals surface area contributed by atoms with Crippen molar-refractivity contribution < 1.29 is 4.74 Å². The van der Waals surface area contributed by atoms with Crippen LogP contribution in [0.25, 0.3) is 0 Å². The zero-order valence-corrected chi connectivity index (χ0v) is 13.9. The minimum atomic E-state index is -1.15. The third-order valence-corrected chi connectivity index (χ3v) is 3.13. The van der Waals surface area contributed by atoms with Crippen LogP contribution in [0.15, 0.2) is 0 Å². The van der Waals surface area contributed by atoms with Gasteiger partial charge in [0.05, 0.1) is 0 Å². The molecule has 0 spiro atoms. The number of unbranched alkanes of at least 4 members (excludes halogenated alkanes) is 2. The van der Waals surface area contributed by atoms with Gasteiger partial charge in [0, 0.05) is 13.2 Å². The monoisotopic (exact) mass is 362 g/mol. The molecular weight excluding hydrogens is 349 g/mol. The van der Waals surface area contributed by atoms with Crippen molar-refractivity contribution in [1.82, 2.24) is 0 Å². The molecule has 0 aromatic carbocycles. The Hall–Kier alpha value is 1.70. The van der Waals surface area contributed by atoms with E-state index in [1.165, 1.54) is 0 Å². The van der Waals surface area contributed by atoms with E-state index in [-0.39, 0.29) is 0 Å². The summed E-state index contributed by atoms with van der Waals surface area (Å²) in [7, 11) is 0. The molecule has 7 heteroatoms. The Balaban J connectivity index is 3.15. The smallest absolute Gasteiger partial charge is 0.190 e. The topological polar surface area (TPSA) is 9.23 Å². The molecule has 0 saturated heterocycles. The van der Waals surface area contributed by atoms with Gasteiger partial charge in [0.25, 0.3) is 0 Å². The van der Waals surface area contributed by atoms with E-state index in [1.54, 1.807) is 0 Å². The number of ether oxygens (including phenoxy) is 1. The summed E-state index contributed by atoms with van der Waals surface area (Å²) in [6.07, 6.45) is 4.55. The number of alkyl halides is 6. The highest BCUT2D eigenvalue weighted by Gasteiger charge is 2.18. The van der Waals surface area contributed by atoms with E-state index in [1.807, 2.05) is 0 Å². The molecular formula is C10H16Cl6O. The molecule has 0 amide bonds. The van der Waals surface area contributed by atoms with Crippen molar-refractivity contribution in [3.8, 4) is 0 Å². The number of hydrogen-bond donors (Lipinski definition) is 0. The van der Waals surface area contributed by atoms with Crippen molar-refractivity contribution in [3.63, 3.8) is 0 Å². The molecule has 0 atom stereocenters. The van der Waals surface area contributed by atoms with Crippen LogP contribution in [0.4, 0.5) is 0 Å². The maximum atomic E-state index is 5.61. The van der Waals surface area contributed by atoms with Crippen LogP contribution in [0, 0.1) is 0 Å². The molecule has 0 aliphatic rings. The van der Waals surface area contributed by atoms with E-state index in [0.717, 1.165) is 25.7 Å². The summed E-state index contributed by atoms with van der Waals surface area (Å²) in [5, 5.41) is 0. The van der Waals surface area contributed by atoms with Gasteiger partial charge in [0.1, 0.15) is 0 Å². The lowest BCUT2D eigenvalue weighted by Crippen LogP contribution is -2.05. The number of halogens is 6. The lowest BCUT2D eigenvalue weighted by atomic mass is 10.2. The first-order valence-electron chi connectivity index (χ1n) is 5.42. The van der Waals surface area contributed by atoms with Crippen molar-refractivity contribution in [2.24, 2.45) is 0 Å². The Bertz CT molecular complexity index is 166. The van der Waals surface area contributed by atoms with Crippen LogP contribution in [-0.4, -0.2) is 20.8 Å². The van der Waals surface area contributed by atoms with Gasteiger partial charge >= 0.3 is 0 Å². The molecule has 0 fully saturated rings. The van der Waals surface area contributed by atoms with Crippen molar-refractivity contribution in [2.45, 2.75) is 46.1 Å². The maximum absolute atomic E-state index is 5.61. The van der Waals surface area contributed by atoms with Gasteiger partial charge in [-0.2, -0.15) is 0 Å². The Kier molecular flexibility index (Phi) is 10.5. The molecule has 0 aromatic heterocycles. The van der Waals surface area contributed by atoms with Crippen molar-refractivity contribution in [2.75, 3.05) is 13.2 Å². The fourth-order valence-electron chi connectivity index (χ4n) is 1.16. The second-order valence-electron chi connectivity index (χ2n) is 3.76. The Morgan fingerprint density at radius 2 is 0.941 bits per heavy atom.